The zero-order chi connectivity index (χ0) is 13.2. The van der Waals surface area contributed by atoms with E-state index in [0.29, 0.717) is 23.5 Å². The SMILES string of the molecule is CC(C)C(C)CC(=O)C1C(C)C=CCC1(C)C. The molecule has 0 fully saturated rings. The number of hydrogen-bond acceptors (Lipinski definition) is 1. The molecule has 0 bridgehead atoms. The highest BCUT2D eigenvalue weighted by atomic mass is 16.1. The van der Waals surface area contributed by atoms with Crippen molar-refractivity contribution in [1.29, 1.82) is 0 Å². The number of carbonyl (C=O) groups is 1. The summed E-state index contributed by atoms with van der Waals surface area (Å²) >= 11 is 0. The first-order valence-corrected chi connectivity index (χ1v) is 6.95. The van der Waals surface area contributed by atoms with Crippen molar-refractivity contribution >= 4 is 5.78 Å². The molecule has 0 aromatic heterocycles. The second-order valence-corrected chi connectivity index (χ2v) is 6.85. The topological polar surface area (TPSA) is 17.1 Å². The lowest BCUT2D eigenvalue weighted by Crippen LogP contribution is -2.38. The number of carbonyl (C=O) groups excluding carboxylic acids is 1. The largest absolute Gasteiger partial charge is 0.299 e. The molecule has 0 saturated carbocycles. The molecule has 1 aliphatic rings. The molecule has 1 rings (SSSR count). The van der Waals surface area contributed by atoms with Gasteiger partial charge in [0.1, 0.15) is 5.78 Å². The van der Waals surface area contributed by atoms with E-state index in [4.69, 9.17) is 0 Å². The Hall–Kier alpha value is -0.590. The van der Waals surface area contributed by atoms with Crippen LogP contribution in [-0.2, 0) is 4.79 Å². The fourth-order valence-electron chi connectivity index (χ4n) is 2.95. The van der Waals surface area contributed by atoms with Crippen LogP contribution >= 0.6 is 0 Å². The van der Waals surface area contributed by atoms with Crippen molar-refractivity contribution in [2.24, 2.45) is 29.1 Å². The fourth-order valence-corrected chi connectivity index (χ4v) is 2.95. The van der Waals surface area contributed by atoms with Crippen molar-refractivity contribution in [2.75, 3.05) is 0 Å². The second kappa shape index (κ2) is 5.37. The molecule has 0 aromatic carbocycles. The summed E-state index contributed by atoms with van der Waals surface area (Å²) in [5.74, 6) is 2.15. The van der Waals surface area contributed by atoms with E-state index in [1.165, 1.54) is 0 Å². The summed E-state index contributed by atoms with van der Waals surface area (Å²) in [6.45, 7) is 13.2. The van der Waals surface area contributed by atoms with E-state index in [1.807, 2.05) is 0 Å². The maximum absolute atomic E-state index is 12.5. The van der Waals surface area contributed by atoms with Crippen molar-refractivity contribution in [3.8, 4) is 0 Å². The molecule has 3 unspecified atom stereocenters. The minimum Gasteiger partial charge on any atom is -0.299 e. The smallest absolute Gasteiger partial charge is 0.137 e. The zero-order valence-electron chi connectivity index (χ0n) is 12.3. The van der Waals surface area contributed by atoms with E-state index in [1.54, 1.807) is 0 Å². The fraction of sp³-hybridized carbons (Fsp3) is 0.812. The van der Waals surface area contributed by atoms with Crippen LogP contribution in [0, 0.1) is 29.1 Å². The van der Waals surface area contributed by atoms with Gasteiger partial charge < -0.3 is 0 Å². The first kappa shape index (κ1) is 14.5. The van der Waals surface area contributed by atoms with Gasteiger partial charge in [-0.25, -0.2) is 0 Å². The van der Waals surface area contributed by atoms with Crippen LogP contribution in [0.15, 0.2) is 12.2 Å². The number of rotatable bonds is 4. The van der Waals surface area contributed by atoms with Gasteiger partial charge >= 0.3 is 0 Å². The van der Waals surface area contributed by atoms with Crippen molar-refractivity contribution in [2.45, 2.75) is 54.4 Å². The molecule has 1 aliphatic carbocycles. The Kier molecular flexibility index (Phi) is 4.57. The monoisotopic (exact) mass is 236 g/mol. The number of hydrogen-bond donors (Lipinski definition) is 0. The van der Waals surface area contributed by atoms with Gasteiger partial charge in [0.2, 0.25) is 0 Å². The highest BCUT2D eigenvalue weighted by Gasteiger charge is 2.39. The number of ketones is 1. The average molecular weight is 236 g/mol. The molecule has 0 amide bonds. The quantitative estimate of drug-likeness (QED) is 0.658. The third kappa shape index (κ3) is 3.43. The van der Waals surface area contributed by atoms with Crippen LogP contribution in [0.25, 0.3) is 0 Å². The molecular weight excluding hydrogens is 208 g/mol. The Morgan fingerprint density at radius 2 is 1.94 bits per heavy atom. The van der Waals surface area contributed by atoms with Crippen LogP contribution in [0.2, 0.25) is 0 Å². The molecule has 3 atom stereocenters. The molecular formula is C16H28O. The van der Waals surface area contributed by atoms with Crippen molar-refractivity contribution in [3.05, 3.63) is 12.2 Å². The normalized spacial score (nSPS) is 29.4. The van der Waals surface area contributed by atoms with Gasteiger partial charge in [-0.3, -0.25) is 4.79 Å². The lowest BCUT2D eigenvalue weighted by Gasteiger charge is -2.39. The van der Waals surface area contributed by atoms with E-state index in [2.05, 4.69) is 53.7 Å². The molecule has 0 N–H and O–H groups in total. The molecule has 0 aliphatic heterocycles. The first-order chi connectivity index (χ1) is 7.75. The van der Waals surface area contributed by atoms with Gasteiger partial charge in [0.25, 0.3) is 0 Å². The van der Waals surface area contributed by atoms with E-state index >= 15 is 0 Å². The molecule has 0 aromatic rings. The Balaban J connectivity index is 2.76. The van der Waals surface area contributed by atoms with Gasteiger partial charge in [-0.15, -0.1) is 0 Å². The maximum atomic E-state index is 12.5. The van der Waals surface area contributed by atoms with Gasteiger partial charge in [0.05, 0.1) is 0 Å². The van der Waals surface area contributed by atoms with Crippen LogP contribution in [-0.4, -0.2) is 5.78 Å². The molecule has 0 spiro atoms. The van der Waals surface area contributed by atoms with Gasteiger partial charge in [-0.1, -0.05) is 53.7 Å². The van der Waals surface area contributed by atoms with Crippen LogP contribution in [0.5, 0.6) is 0 Å². The summed E-state index contributed by atoms with van der Waals surface area (Å²) in [5.41, 5.74) is 0.127. The summed E-state index contributed by atoms with van der Waals surface area (Å²) in [6, 6.07) is 0. The summed E-state index contributed by atoms with van der Waals surface area (Å²) in [5, 5.41) is 0. The van der Waals surface area contributed by atoms with E-state index < -0.39 is 0 Å². The summed E-state index contributed by atoms with van der Waals surface area (Å²) in [4.78, 5) is 12.5. The van der Waals surface area contributed by atoms with Crippen LogP contribution in [0.4, 0.5) is 0 Å². The lowest BCUT2D eigenvalue weighted by molar-refractivity contribution is -0.129. The second-order valence-electron chi connectivity index (χ2n) is 6.85. The van der Waals surface area contributed by atoms with Gasteiger partial charge in [-0.05, 0) is 29.6 Å². The van der Waals surface area contributed by atoms with E-state index in [9.17, 15) is 4.79 Å². The van der Waals surface area contributed by atoms with Crippen molar-refractivity contribution in [3.63, 3.8) is 0 Å². The van der Waals surface area contributed by atoms with E-state index in [0.717, 1.165) is 12.8 Å². The highest BCUT2D eigenvalue weighted by molar-refractivity contribution is 5.82. The maximum Gasteiger partial charge on any atom is 0.137 e. The Morgan fingerprint density at radius 3 is 2.41 bits per heavy atom. The Morgan fingerprint density at radius 1 is 1.35 bits per heavy atom. The van der Waals surface area contributed by atoms with Crippen molar-refractivity contribution < 1.29 is 4.79 Å². The Labute approximate surface area is 107 Å². The number of Topliss-reactive ketones (excluding diaryl/α,β-unsaturated/α-hetero) is 1. The molecule has 98 valence electrons. The van der Waals surface area contributed by atoms with Crippen molar-refractivity contribution in [1.82, 2.24) is 0 Å². The third-order valence-electron chi connectivity index (χ3n) is 4.46. The van der Waals surface area contributed by atoms with Gasteiger partial charge in [-0.2, -0.15) is 0 Å². The van der Waals surface area contributed by atoms with Gasteiger partial charge in [0, 0.05) is 12.3 Å². The lowest BCUT2D eigenvalue weighted by atomic mass is 9.64. The predicted molar refractivity (Wildman–Crippen MR) is 73.8 cm³/mol. The Bertz CT molecular complexity index is 299. The molecule has 1 heteroatoms. The van der Waals surface area contributed by atoms with E-state index in [-0.39, 0.29) is 11.3 Å². The third-order valence-corrected chi connectivity index (χ3v) is 4.46. The average Bonchev–Trinajstić information content (AvgIpc) is 2.15. The molecule has 17 heavy (non-hydrogen) atoms. The standard InChI is InChI=1S/C16H28O/c1-11(2)13(4)10-14(17)15-12(3)8-7-9-16(15,5)6/h7-8,11-13,15H,9-10H2,1-6H3. The molecule has 0 radical (unpaired) electrons. The molecule has 0 heterocycles. The first-order valence-electron chi connectivity index (χ1n) is 6.95. The summed E-state index contributed by atoms with van der Waals surface area (Å²) in [6.07, 6.45) is 6.22. The minimum atomic E-state index is 0.127. The predicted octanol–water partition coefficient (Wildman–Crippen LogP) is 4.48. The minimum absolute atomic E-state index is 0.127. The zero-order valence-corrected chi connectivity index (χ0v) is 12.3. The molecule has 1 nitrogen and oxygen atoms in total. The van der Waals surface area contributed by atoms with Crippen LogP contribution in [0.1, 0.15) is 54.4 Å². The summed E-state index contributed by atoms with van der Waals surface area (Å²) in [7, 11) is 0. The number of allylic oxidation sites excluding steroid dienone is 2. The van der Waals surface area contributed by atoms with Crippen LogP contribution in [0.3, 0.4) is 0 Å². The van der Waals surface area contributed by atoms with Gasteiger partial charge in [0.15, 0.2) is 0 Å². The summed E-state index contributed by atoms with van der Waals surface area (Å²) < 4.78 is 0. The highest BCUT2D eigenvalue weighted by Crippen LogP contribution is 2.42. The van der Waals surface area contributed by atoms with Crippen LogP contribution < -0.4 is 0 Å². The molecule has 0 saturated heterocycles.